The molecule has 0 aromatic carbocycles. The lowest BCUT2D eigenvalue weighted by Crippen LogP contribution is -2.27. The fourth-order valence-corrected chi connectivity index (χ4v) is 1.97. The molecule has 2 rings (SSSR count). The lowest BCUT2D eigenvalue weighted by Gasteiger charge is -2.23. The molecule has 0 aliphatic carbocycles. The minimum absolute atomic E-state index is 0.0931. The minimum Gasteiger partial charge on any atom is -0.317 e. The maximum absolute atomic E-state index is 13.6. The van der Waals surface area contributed by atoms with Crippen LogP contribution in [0.5, 0.6) is 0 Å². The van der Waals surface area contributed by atoms with Crippen LogP contribution >= 0.6 is 0 Å². The van der Waals surface area contributed by atoms with Crippen LogP contribution in [0.3, 0.4) is 0 Å². The van der Waals surface area contributed by atoms with E-state index in [0.717, 1.165) is 37.2 Å². The van der Waals surface area contributed by atoms with Gasteiger partial charge in [-0.3, -0.25) is 4.98 Å². The molecule has 1 aromatic heterocycles. The fourth-order valence-electron chi connectivity index (χ4n) is 1.97. The summed E-state index contributed by atoms with van der Waals surface area (Å²) in [5.41, 5.74) is 1.54. The van der Waals surface area contributed by atoms with Crippen LogP contribution in [0.1, 0.15) is 30.0 Å². The molecule has 0 saturated carbocycles. The summed E-state index contributed by atoms with van der Waals surface area (Å²) < 4.78 is 13.6. The van der Waals surface area contributed by atoms with E-state index in [0.29, 0.717) is 5.92 Å². The van der Waals surface area contributed by atoms with Crippen LogP contribution in [0.2, 0.25) is 0 Å². The Labute approximate surface area is 83.6 Å². The summed E-state index contributed by atoms with van der Waals surface area (Å²) in [6.45, 7) is 3.78. The second-order valence-corrected chi connectivity index (χ2v) is 3.87. The maximum Gasteiger partial charge on any atom is 0.130 e. The Kier molecular flexibility index (Phi) is 2.77. The Morgan fingerprint density at radius 1 is 1.43 bits per heavy atom. The Morgan fingerprint density at radius 3 is 2.79 bits per heavy atom. The van der Waals surface area contributed by atoms with E-state index in [1.54, 1.807) is 6.20 Å². The summed E-state index contributed by atoms with van der Waals surface area (Å²) in [4.78, 5) is 4.15. The van der Waals surface area contributed by atoms with Crippen LogP contribution in [-0.4, -0.2) is 18.1 Å². The molecular weight excluding hydrogens is 179 g/mol. The molecule has 1 fully saturated rings. The molecule has 0 unspecified atom stereocenters. The fraction of sp³-hybridized carbons (Fsp3) is 0.545. The molecule has 0 amide bonds. The average molecular weight is 194 g/mol. The largest absolute Gasteiger partial charge is 0.317 e. The van der Waals surface area contributed by atoms with E-state index in [2.05, 4.69) is 10.3 Å². The van der Waals surface area contributed by atoms with Crippen LogP contribution in [0.15, 0.2) is 12.3 Å². The third-order valence-electron chi connectivity index (χ3n) is 2.80. The second kappa shape index (κ2) is 4.05. The highest BCUT2D eigenvalue weighted by atomic mass is 19.1. The number of rotatable bonds is 1. The van der Waals surface area contributed by atoms with Gasteiger partial charge in [-0.05, 0) is 44.8 Å². The number of hydrogen-bond donors (Lipinski definition) is 1. The first-order chi connectivity index (χ1) is 6.77. The first-order valence-electron chi connectivity index (χ1n) is 5.10. The number of piperidine rings is 1. The summed E-state index contributed by atoms with van der Waals surface area (Å²) in [6.07, 6.45) is 3.73. The van der Waals surface area contributed by atoms with Gasteiger partial charge in [-0.2, -0.15) is 0 Å². The molecule has 0 spiro atoms. The third-order valence-corrected chi connectivity index (χ3v) is 2.80. The van der Waals surface area contributed by atoms with Gasteiger partial charge in [0.05, 0.1) is 0 Å². The third kappa shape index (κ3) is 1.93. The van der Waals surface area contributed by atoms with Crippen LogP contribution in [0.25, 0.3) is 0 Å². The lowest BCUT2D eigenvalue weighted by molar-refractivity contribution is 0.443. The molecule has 2 heterocycles. The number of hydrogen-bond acceptors (Lipinski definition) is 2. The monoisotopic (exact) mass is 194 g/mol. The van der Waals surface area contributed by atoms with Gasteiger partial charge in [0.1, 0.15) is 5.82 Å². The molecular formula is C11H15FN2. The van der Waals surface area contributed by atoms with E-state index in [1.165, 1.54) is 6.07 Å². The van der Waals surface area contributed by atoms with Crippen LogP contribution < -0.4 is 5.32 Å². The zero-order chi connectivity index (χ0) is 9.97. The highest BCUT2D eigenvalue weighted by molar-refractivity contribution is 5.20. The number of aryl methyl sites for hydroxylation is 1. The van der Waals surface area contributed by atoms with Gasteiger partial charge in [-0.15, -0.1) is 0 Å². The zero-order valence-corrected chi connectivity index (χ0v) is 8.39. The number of nitrogens with one attached hydrogen (secondary N) is 1. The summed E-state index contributed by atoms with van der Waals surface area (Å²) >= 11 is 0. The van der Waals surface area contributed by atoms with Crippen molar-refractivity contribution < 1.29 is 4.39 Å². The van der Waals surface area contributed by atoms with E-state index in [1.807, 2.05) is 6.92 Å². The number of nitrogens with zero attached hydrogens (tertiary/aromatic N) is 1. The molecule has 1 saturated heterocycles. The normalized spacial score (nSPS) is 18.4. The first kappa shape index (κ1) is 9.59. The van der Waals surface area contributed by atoms with E-state index in [9.17, 15) is 4.39 Å². The quantitative estimate of drug-likeness (QED) is 0.739. The summed E-state index contributed by atoms with van der Waals surface area (Å²) in [5.74, 6) is 0.258. The van der Waals surface area contributed by atoms with Gasteiger partial charge in [0.25, 0.3) is 0 Å². The standard InChI is InChI=1S/C11H15FN2/c1-8-6-11(12)10(7-14-8)9-2-4-13-5-3-9/h6-7,9,13H,2-5H2,1H3. The predicted molar refractivity (Wildman–Crippen MR) is 53.8 cm³/mol. The van der Waals surface area contributed by atoms with Crippen molar-refractivity contribution in [2.45, 2.75) is 25.7 Å². The highest BCUT2D eigenvalue weighted by Gasteiger charge is 2.18. The van der Waals surface area contributed by atoms with Crippen molar-refractivity contribution in [3.05, 3.63) is 29.3 Å². The van der Waals surface area contributed by atoms with Crippen molar-refractivity contribution in [2.24, 2.45) is 0 Å². The van der Waals surface area contributed by atoms with E-state index >= 15 is 0 Å². The Morgan fingerprint density at radius 2 is 2.14 bits per heavy atom. The summed E-state index contributed by atoms with van der Waals surface area (Å²) in [6, 6.07) is 1.53. The SMILES string of the molecule is Cc1cc(F)c(C2CCNCC2)cn1. The predicted octanol–water partition coefficient (Wildman–Crippen LogP) is 2.00. The lowest BCUT2D eigenvalue weighted by atomic mass is 9.91. The van der Waals surface area contributed by atoms with Crippen molar-refractivity contribution in [3.8, 4) is 0 Å². The smallest absolute Gasteiger partial charge is 0.130 e. The molecule has 1 aliphatic heterocycles. The molecule has 76 valence electrons. The molecule has 2 nitrogen and oxygen atoms in total. The van der Waals surface area contributed by atoms with E-state index in [-0.39, 0.29) is 5.82 Å². The average Bonchev–Trinajstić information content (AvgIpc) is 2.19. The molecule has 1 N–H and O–H groups in total. The van der Waals surface area contributed by atoms with Crippen molar-refractivity contribution in [3.63, 3.8) is 0 Å². The first-order valence-corrected chi connectivity index (χ1v) is 5.10. The van der Waals surface area contributed by atoms with Gasteiger partial charge in [0, 0.05) is 17.5 Å². The molecule has 1 aliphatic rings. The molecule has 0 radical (unpaired) electrons. The summed E-state index contributed by atoms with van der Waals surface area (Å²) in [5, 5.41) is 3.27. The maximum atomic E-state index is 13.6. The highest BCUT2D eigenvalue weighted by Crippen LogP contribution is 2.26. The van der Waals surface area contributed by atoms with Gasteiger partial charge in [-0.25, -0.2) is 4.39 Å². The zero-order valence-electron chi connectivity index (χ0n) is 8.39. The summed E-state index contributed by atoms with van der Waals surface area (Å²) in [7, 11) is 0. The minimum atomic E-state index is -0.0931. The van der Waals surface area contributed by atoms with Gasteiger partial charge in [0.2, 0.25) is 0 Å². The topological polar surface area (TPSA) is 24.9 Å². The Balaban J connectivity index is 2.22. The molecule has 0 bridgehead atoms. The van der Waals surface area contributed by atoms with Crippen molar-refractivity contribution >= 4 is 0 Å². The van der Waals surface area contributed by atoms with Crippen molar-refractivity contribution in [2.75, 3.05) is 13.1 Å². The molecule has 1 aromatic rings. The number of aromatic nitrogens is 1. The number of pyridine rings is 1. The van der Waals surface area contributed by atoms with Crippen LogP contribution in [-0.2, 0) is 0 Å². The number of halogens is 1. The van der Waals surface area contributed by atoms with Gasteiger partial charge in [0.15, 0.2) is 0 Å². The van der Waals surface area contributed by atoms with Crippen molar-refractivity contribution in [1.82, 2.24) is 10.3 Å². The van der Waals surface area contributed by atoms with Gasteiger partial charge >= 0.3 is 0 Å². The van der Waals surface area contributed by atoms with Crippen molar-refractivity contribution in [1.29, 1.82) is 0 Å². The van der Waals surface area contributed by atoms with Crippen LogP contribution in [0, 0.1) is 12.7 Å². The van der Waals surface area contributed by atoms with E-state index < -0.39 is 0 Å². The molecule has 0 atom stereocenters. The van der Waals surface area contributed by atoms with Crippen LogP contribution in [0.4, 0.5) is 4.39 Å². The Bertz CT molecular complexity index is 319. The Hall–Kier alpha value is -0.960. The second-order valence-electron chi connectivity index (χ2n) is 3.87. The van der Waals surface area contributed by atoms with Gasteiger partial charge in [-0.1, -0.05) is 0 Å². The molecule has 3 heteroatoms. The van der Waals surface area contributed by atoms with Gasteiger partial charge < -0.3 is 5.32 Å². The van der Waals surface area contributed by atoms with E-state index in [4.69, 9.17) is 0 Å². The molecule has 14 heavy (non-hydrogen) atoms.